The van der Waals surface area contributed by atoms with Gasteiger partial charge in [-0.05, 0) is 30.7 Å². The first-order valence-corrected chi connectivity index (χ1v) is 12.1. The molecule has 2 amide bonds. The molecule has 2 aliphatic heterocycles. The largest absolute Gasteiger partial charge is 0.335 e. The van der Waals surface area contributed by atoms with E-state index in [4.69, 9.17) is 0 Å². The van der Waals surface area contributed by atoms with Crippen molar-refractivity contribution in [3.63, 3.8) is 0 Å². The van der Waals surface area contributed by atoms with E-state index in [2.05, 4.69) is 5.10 Å². The zero-order valence-corrected chi connectivity index (χ0v) is 19.3. The number of carbonyl (C=O) groups is 2. The molecule has 0 unspecified atom stereocenters. The van der Waals surface area contributed by atoms with Gasteiger partial charge in [0.15, 0.2) is 0 Å². The number of sulfonamides is 1. The molecule has 2 aromatic carbocycles. The van der Waals surface area contributed by atoms with Crippen LogP contribution in [0.1, 0.15) is 18.4 Å². The van der Waals surface area contributed by atoms with Crippen LogP contribution in [0.4, 0.5) is 11.4 Å². The van der Waals surface area contributed by atoms with Gasteiger partial charge >= 0.3 is 0 Å². The standard InChI is InChI=1S/C22H23N5O6S/c1-16-4-2-5-17(14-16)26-21(28)9-8-20(23-26)22(29)24-10-12-25(13-11-24)34(32,33)19-7-3-6-18(15-19)27(30)31/h2-7,14-15H,8-13H2,1H3. The van der Waals surface area contributed by atoms with Crippen LogP contribution in [0, 0.1) is 17.0 Å². The first-order valence-electron chi connectivity index (χ1n) is 10.7. The zero-order valence-electron chi connectivity index (χ0n) is 18.5. The van der Waals surface area contributed by atoms with Gasteiger partial charge < -0.3 is 4.90 Å². The summed E-state index contributed by atoms with van der Waals surface area (Å²) >= 11 is 0. The summed E-state index contributed by atoms with van der Waals surface area (Å²) in [5.74, 6) is -0.535. The molecule has 1 fully saturated rings. The fourth-order valence-electron chi connectivity index (χ4n) is 3.89. The lowest BCUT2D eigenvalue weighted by molar-refractivity contribution is -0.385. The van der Waals surface area contributed by atoms with Crippen molar-refractivity contribution < 1.29 is 22.9 Å². The normalized spacial score (nSPS) is 17.4. The number of non-ortho nitro benzene ring substituents is 1. The third-order valence-corrected chi connectivity index (χ3v) is 7.61. The van der Waals surface area contributed by atoms with E-state index < -0.39 is 14.9 Å². The lowest BCUT2D eigenvalue weighted by Gasteiger charge is -2.35. The van der Waals surface area contributed by atoms with Crippen LogP contribution in [0.15, 0.2) is 58.5 Å². The number of hydrogen-bond acceptors (Lipinski definition) is 7. The van der Waals surface area contributed by atoms with E-state index in [0.29, 0.717) is 5.69 Å². The van der Waals surface area contributed by atoms with Gasteiger partial charge in [0, 0.05) is 51.2 Å². The molecular weight excluding hydrogens is 462 g/mol. The maximum absolute atomic E-state index is 13.1. The minimum atomic E-state index is -3.94. The molecule has 0 atom stereocenters. The maximum atomic E-state index is 13.1. The van der Waals surface area contributed by atoms with Crippen LogP contribution in [-0.2, 0) is 19.6 Å². The molecule has 0 saturated carbocycles. The highest BCUT2D eigenvalue weighted by atomic mass is 32.2. The predicted molar refractivity (Wildman–Crippen MR) is 124 cm³/mol. The third-order valence-electron chi connectivity index (χ3n) is 5.72. The van der Waals surface area contributed by atoms with Gasteiger partial charge in [-0.1, -0.05) is 18.2 Å². The van der Waals surface area contributed by atoms with E-state index in [1.807, 2.05) is 25.1 Å². The number of carbonyl (C=O) groups excluding carboxylic acids is 2. The number of nitro groups is 1. The number of piperazine rings is 1. The fourth-order valence-corrected chi connectivity index (χ4v) is 5.35. The van der Waals surface area contributed by atoms with Gasteiger partial charge in [-0.2, -0.15) is 9.41 Å². The first-order chi connectivity index (χ1) is 16.2. The number of nitro benzene ring substituents is 1. The first kappa shape index (κ1) is 23.5. The second-order valence-electron chi connectivity index (χ2n) is 8.04. The van der Waals surface area contributed by atoms with Crippen molar-refractivity contribution in [2.45, 2.75) is 24.7 Å². The van der Waals surface area contributed by atoms with Crippen molar-refractivity contribution in [2.75, 3.05) is 31.2 Å². The maximum Gasteiger partial charge on any atom is 0.270 e. The van der Waals surface area contributed by atoms with E-state index >= 15 is 0 Å². The summed E-state index contributed by atoms with van der Waals surface area (Å²) in [5.41, 5.74) is 1.48. The molecule has 1 saturated heterocycles. The number of rotatable bonds is 5. The number of hydrazone groups is 1. The Bertz CT molecular complexity index is 1280. The van der Waals surface area contributed by atoms with E-state index in [-0.39, 0.29) is 67.1 Å². The molecule has 4 rings (SSSR count). The third kappa shape index (κ3) is 4.68. The second kappa shape index (κ2) is 9.31. The summed E-state index contributed by atoms with van der Waals surface area (Å²) in [6, 6.07) is 12.2. The number of hydrogen-bond donors (Lipinski definition) is 0. The highest BCUT2D eigenvalue weighted by Crippen LogP contribution is 2.24. The Morgan fingerprint density at radius 1 is 1.03 bits per heavy atom. The molecule has 0 bridgehead atoms. The summed E-state index contributed by atoms with van der Waals surface area (Å²) in [6.45, 7) is 2.28. The number of anilines is 1. The highest BCUT2D eigenvalue weighted by Gasteiger charge is 2.34. The minimum absolute atomic E-state index is 0.0462. The molecule has 2 aromatic rings. The quantitative estimate of drug-likeness (QED) is 0.469. The molecule has 0 radical (unpaired) electrons. The van der Waals surface area contributed by atoms with Crippen molar-refractivity contribution >= 4 is 38.9 Å². The minimum Gasteiger partial charge on any atom is -0.335 e. The van der Waals surface area contributed by atoms with Crippen molar-refractivity contribution in [3.8, 4) is 0 Å². The molecule has 34 heavy (non-hydrogen) atoms. The summed E-state index contributed by atoms with van der Waals surface area (Å²) in [4.78, 5) is 37.1. The van der Waals surface area contributed by atoms with Crippen molar-refractivity contribution in [1.29, 1.82) is 0 Å². The fraction of sp³-hybridized carbons (Fsp3) is 0.318. The summed E-state index contributed by atoms with van der Waals surface area (Å²) in [6.07, 6.45) is 0.367. The topological polar surface area (TPSA) is 134 Å². The average molecular weight is 486 g/mol. The lowest BCUT2D eigenvalue weighted by atomic mass is 10.1. The Balaban J connectivity index is 1.46. The molecule has 0 spiro atoms. The number of aryl methyl sites for hydroxylation is 1. The van der Waals surface area contributed by atoms with Gasteiger partial charge in [0.2, 0.25) is 15.9 Å². The lowest BCUT2D eigenvalue weighted by Crippen LogP contribution is -2.52. The Kier molecular flexibility index (Phi) is 6.44. The zero-order chi connectivity index (χ0) is 24.5. The predicted octanol–water partition coefficient (Wildman–Crippen LogP) is 1.92. The number of nitrogens with zero attached hydrogens (tertiary/aromatic N) is 5. The Labute approximate surface area is 196 Å². The van der Waals surface area contributed by atoms with Crippen LogP contribution in [0.25, 0.3) is 0 Å². The highest BCUT2D eigenvalue weighted by molar-refractivity contribution is 7.89. The number of amides is 2. The van der Waals surface area contributed by atoms with Crippen molar-refractivity contribution in [3.05, 3.63) is 64.2 Å². The molecule has 2 aliphatic rings. The van der Waals surface area contributed by atoms with Crippen LogP contribution < -0.4 is 5.01 Å². The number of benzene rings is 2. The molecular formula is C22H23N5O6S. The van der Waals surface area contributed by atoms with E-state index in [0.717, 1.165) is 11.6 Å². The van der Waals surface area contributed by atoms with Crippen LogP contribution in [0.3, 0.4) is 0 Å². The molecule has 2 heterocycles. The second-order valence-corrected chi connectivity index (χ2v) is 9.98. The van der Waals surface area contributed by atoms with Crippen LogP contribution in [0.2, 0.25) is 0 Å². The smallest absolute Gasteiger partial charge is 0.270 e. The summed E-state index contributed by atoms with van der Waals surface area (Å²) in [5, 5.41) is 16.5. The molecule has 11 nitrogen and oxygen atoms in total. The molecule has 0 N–H and O–H groups in total. The van der Waals surface area contributed by atoms with Crippen LogP contribution in [0.5, 0.6) is 0 Å². The van der Waals surface area contributed by atoms with Gasteiger partial charge in [0.05, 0.1) is 15.5 Å². The van der Waals surface area contributed by atoms with Crippen LogP contribution in [-0.4, -0.2) is 66.3 Å². The SMILES string of the molecule is Cc1cccc(N2N=C(C(=O)N3CCN(S(=O)(=O)c4cccc([N+](=O)[O-])c4)CC3)CCC2=O)c1. The van der Waals surface area contributed by atoms with Gasteiger partial charge in [-0.3, -0.25) is 19.7 Å². The van der Waals surface area contributed by atoms with Crippen molar-refractivity contribution in [1.82, 2.24) is 9.21 Å². The van der Waals surface area contributed by atoms with Gasteiger partial charge in [-0.15, -0.1) is 0 Å². The van der Waals surface area contributed by atoms with E-state index in [9.17, 15) is 28.1 Å². The molecule has 12 heteroatoms. The van der Waals surface area contributed by atoms with E-state index in [1.54, 1.807) is 6.07 Å². The summed E-state index contributed by atoms with van der Waals surface area (Å²) < 4.78 is 27.1. The Morgan fingerprint density at radius 2 is 1.74 bits per heavy atom. The van der Waals surface area contributed by atoms with Crippen molar-refractivity contribution in [2.24, 2.45) is 5.10 Å². The molecule has 0 aromatic heterocycles. The average Bonchev–Trinajstić information content (AvgIpc) is 2.84. The van der Waals surface area contributed by atoms with Crippen LogP contribution >= 0.6 is 0 Å². The van der Waals surface area contributed by atoms with E-state index in [1.165, 1.54) is 32.4 Å². The van der Waals surface area contributed by atoms with Gasteiger partial charge in [-0.25, -0.2) is 13.4 Å². The Hall–Kier alpha value is -3.64. The monoisotopic (exact) mass is 485 g/mol. The summed E-state index contributed by atoms with van der Waals surface area (Å²) in [7, 11) is -3.94. The molecule has 0 aliphatic carbocycles. The molecule has 178 valence electrons. The Morgan fingerprint density at radius 3 is 2.41 bits per heavy atom. The van der Waals surface area contributed by atoms with Gasteiger partial charge in [0.25, 0.3) is 11.6 Å². The van der Waals surface area contributed by atoms with Gasteiger partial charge in [0.1, 0.15) is 5.71 Å².